The predicted molar refractivity (Wildman–Crippen MR) is 116 cm³/mol. The van der Waals surface area contributed by atoms with Crippen molar-refractivity contribution in [3.8, 4) is 5.75 Å². The van der Waals surface area contributed by atoms with E-state index in [9.17, 15) is 0 Å². The lowest BCUT2D eigenvalue weighted by Crippen LogP contribution is -2.13. The van der Waals surface area contributed by atoms with Crippen LogP contribution in [0.2, 0.25) is 0 Å². The summed E-state index contributed by atoms with van der Waals surface area (Å²) in [4.78, 5) is 2.21. The third kappa shape index (κ3) is 9.62. The third-order valence-corrected chi connectivity index (χ3v) is 4.51. The standard InChI is InChI=1S/C24H37NO/c1-7-24(4,17-10-11-21(2)3)18-16-22-12-14-23(15-13-22)26-20-9-8-19-25(5)6/h7,11-16,18H,1,8-10,17,19-20H2,2-6H3/b18-16+/t24-/m1/s1. The fourth-order valence-electron chi connectivity index (χ4n) is 2.61. The minimum absolute atomic E-state index is 0.0214. The SMILES string of the molecule is C=C[C@@](C)(/C=C/c1ccc(OCCCCN(C)C)cc1)CCC=C(C)C. The maximum atomic E-state index is 5.82. The molecule has 0 radical (unpaired) electrons. The molecule has 1 aromatic rings. The lowest BCUT2D eigenvalue weighted by Gasteiger charge is -2.20. The van der Waals surface area contributed by atoms with Gasteiger partial charge in [-0.15, -0.1) is 6.58 Å². The lowest BCUT2D eigenvalue weighted by atomic mass is 9.84. The number of rotatable bonds is 12. The van der Waals surface area contributed by atoms with Crippen molar-refractivity contribution in [3.05, 3.63) is 60.2 Å². The first-order chi connectivity index (χ1) is 12.3. The van der Waals surface area contributed by atoms with E-state index in [1.54, 1.807) is 0 Å². The first kappa shape index (κ1) is 22.2. The van der Waals surface area contributed by atoms with E-state index >= 15 is 0 Å². The lowest BCUT2D eigenvalue weighted by molar-refractivity contribution is 0.293. The van der Waals surface area contributed by atoms with Crippen LogP contribution in [-0.4, -0.2) is 32.1 Å². The molecule has 0 aliphatic heterocycles. The molecule has 0 fully saturated rings. The Balaban J connectivity index is 2.50. The highest BCUT2D eigenvalue weighted by atomic mass is 16.5. The van der Waals surface area contributed by atoms with Gasteiger partial charge in [-0.05, 0) is 77.9 Å². The first-order valence-corrected chi connectivity index (χ1v) is 9.68. The Morgan fingerprint density at radius 1 is 1.15 bits per heavy atom. The molecule has 0 N–H and O–H groups in total. The van der Waals surface area contributed by atoms with Crippen LogP contribution in [0, 0.1) is 5.41 Å². The second kappa shape index (κ2) is 11.7. The molecular formula is C24H37NO. The van der Waals surface area contributed by atoms with Gasteiger partial charge in [-0.1, -0.05) is 48.9 Å². The van der Waals surface area contributed by atoms with Gasteiger partial charge in [-0.25, -0.2) is 0 Å². The molecule has 0 bridgehead atoms. The summed E-state index contributed by atoms with van der Waals surface area (Å²) >= 11 is 0. The molecule has 0 saturated carbocycles. The van der Waals surface area contributed by atoms with Crippen LogP contribution in [-0.2, 0) is 0 Å². The highest BCUT2D eigenvalue weighted by molar-refractivity contribution is 5.52. The Hall–Kier alpha value is -1.80. The zero-order valence-electron chi connectivity index (χ0n) is 17.4. The minimum Gasteiger partial charge on any atom is -0.494 e. The zero-order valence-corrected chi connectivity index (χ0v) is 17.4. The zero-order chi connectivity index (χ0) is 19.4. The molecule has 1 aromatic carbocycles. The molecule has 26 heavy (non-hydrogen) atoms. The summed E-state index contributed by atoms with van der Waals surface area (Å²) in [5.74, 6) is 0.946. The number of benzene rings is 1. The van der Waals surface area contributed by atoms with Crippen molar-refractivity contribution < 1.29 is 4.74 Å². The fourth-order valence-corrected chi connectivity index (χ4v) is 2.61. The van der Waals surface area contributed by atoms with Crippen molar-refractivity contribution in [3.63, 3.8) is 0 Å². The monoisotopic (exact) mass is 355 g/mol. The predicted octanol–water partition coefficient (Wildman–Crippen LogP) is 6.36. The van der Waals surface area contributed by atoms with Crippen molar-refractivity contribution >= 4 is 6.08 Å². The molecule has 0 unspecified atom stereocenters. The molecule has 0 aliphatic rings. The van der Waals surface area contributed by atoms with E-state index in [0.717, 1.165) is 38.2 Å². The number of allylic oxidation sites excluding steroid dienone is 4. The van der Waals surface area contributed by atoms with Gasteiger partial charge < -0.3 is 9.64 Å². The van der Waals surface area contributed by atoms with E-state index in [2.05, 4.69) is 88.8 Å². The number of hydrogen-bond acceptors (Lipinski definition) is 2. The van der Waals surface area contributed by atoms with Gasteiger partial charge in [0.1, 0.15) is 5.75 Å². The van der Waals surface area contributed by atoms with Crippen molar-refractivity contribution in [2.45, 2.75) is 46.5 Å². The summed E-state index contributed by atoms with van der Waals surface area (Å²) in [5.41, 5.74) is 2.59. The van der Waals surface area contributed by atoms with Gasteiger partial charge in [-0.2, -0.15) is 0 Å². The van der Waals surface area contributed by atoms with Gasteiger partial charge >= 0.3 is 0 Å². The van der Waals surface area contributed by atoms with Crippen LogP contribution in [0.3, 0.4) is 0 Å². The molecular weight excluding hydrogens is 318 g/mol. The fraction of sp³-hybridized carbons (Fsp3) is 0.500. The topological polar surface area (TPSA) is 12.5 Å². The van der Waals surface area contributed by atoms with Gasteiger partial charge in [-0.3, -0.25) is 0 Å². The van der Waals surface area contributed by atoms with Crippen molar-refractivity contribution in [1.29, 1.82) is 0 Å². The van der Waals surface area contributed by atoms with Crippen LogP contribution in [0.4, 0.5) is 0 Å². The quantitative estimate of drug-likeness (QED) is 0.319. The van der Waals surface area contributed by atoms with E-state index in [1.165, 1.54) is 17.6 Å². The van der Waals surface area contributed by atoms with Crippen molar-refractivity contribution in [2.24, 2.45) is 5.41 Å². The Morgan fingerprint density at radius 2 is 1.85 bits per heavy atom. The molecule has 0 aliphatic carbocycles. The molecule has 0 amide bonds. The maximum absolute atomic E-state index is 5.82. The number of nitrogens with zero attached hydrogens (tertiary/aromatic N) is 1. The van der Waals surface area contributed by atoms with Gasteiger partial charge in [0, 0.05) is 5.41 Å². The Bertz CT molecular complexity index is 579. The van der Waals surface area contributed by atoms with Crippen LogP contribution >= 0.6 is 0 Å². The van der Waals surface area contributed by atoms with Crippen molar-refractivity contribution in [2.75, 3.05) is 27.2 Å². The maximum Gasteiger partial charge on any atom is 0.119 e. The number of ether oxygens (including phenoxy) is 1. The van der Waals surface area contributed by atoms with Gasteiger partial charge in [0.25, 0.3) is 0 Å². The second-order valence-electron chi connectivity index (χ2n) is 7.79. The summed E-state index contributed by atoms with van der Waals surface area (Å²) in [5, 5.41) is 0. The van der Waals surface area contributed by atoms with E-state index in [-0.39, 0.29) is 5.41 Å². The summed E-state index contributed by atoms with van der Waals surface area (Å²) in [6.45, 7) is 12.4. The minimum atomic E-state index is 0.0214. The van der Waals surface area contributed by atoms with E-state index in [0.29, 0.717) is 0 Å². The highest BCUT2D eigenvalue weighted by Gasteiger charge is 2.14. The molecule has 0 aromatic heterocycles. The van der Waals surface area contributed by atoms with Gasteiger partial charge in [0.05, 0.1) is 6.61 Å². The molecule has 2 heteroatoms. The van der Waals surface area contributed by atoms with Crippen molar-refractivity contribution in [1.82, 2.24) is 4.90 Å². The molecule has 1 atom stereocenters. The number of hydrogen-bond donors (Lipinski definition) is 0. The largest absolute Gasteiger partial charge is 0.494 e. The van der Waals surface area contributed by atoms with Crippen LogP contribution in [0.5, 0.6) is 5.75 Å². The average molecular weight is 356 g/mol. The molecule has 2 nitrogen and oxygen atoms in total. The van der Waals surface area contributed by atoms with Crippen LogP contribution in [0.15, 0.2) is 54.6 Å². The Labute approximate surface area is 161 Å². The van der Waals surface area contributed by atoms with Crippen LogP contribution in [0.25, 0.3) is 6.08 Å². The second-order valence-corrected chi connectivity index (χ2v) is 7.79. The van der Waals surface area contributed by atoms with Crippen LogP contribution in [0.1, 0.15) is 52.0 Å². The van der Waals surface area contributed by atoms with Crippen LogP contribution < -0.4 is 4.74 Å². The van der Waals surface area contributed by atoms with E-state index < -0.39 is 0 Å². The average Bonchev–Trinajstić information content (AvgIpc) is 2.60. The van der Waals surface area contributed by atoms with E-state index in [4.69, 9.17) is 4.74 Å². The first-order valence-electron chi connectivity index (χ1n) is 9.68. The van der Waals surface area contributed by atoms with Gasteiger partial charge in [0.2, 0.25) is 0 Å². The smallest absolute Gasteiger partial charge is 0.119 e. The third-order valence-electron chi connectivity index (χ3n) is 4.51. The Morgan fingerprint density at radius 3 is 2.42 bits per heavy atom. The summed E-state index contributed by atoms with van der Waals surface area (Å²) < 4.78 is 5.82. The highest BCUT2D eigenvalue weighted by Crippen LogP contribution is 2.28. The number of unbranched alkanes of at least 4 members (excludes halogenated alkanes) is 1. The molecule has 144 valence electrons. The normalized spacial score (nSPS) is 13.6. The Kier molecular flexibility index (Phi) is 10.0. The summed E-state index contributed by atoms with van der Waals surface area (Å²) in [7, 11) is 4.21. The molecule has 1 rings (SSSR count). The summed E-state index contributed by atoms with van der Waals surface area (Å²) in [6, 6.07) is 8.34. The molecule has 0 spiro atoms. The summed E-state index contributed by atoms with van der Waals surface area (Å²) in [6.07, 6.45) is 13.2. The molecule has 0 saturated heterocycles. The van der Waals surface area contributed by atoms with E-state index in [1.807, 2.05) is 6.08 Å². The molecule has 0 heterocycles. The van der Waals surface area contributed by atoms with Gasteiger partial charge in [0.15, 0.2) is 0 Å².